The minimum absolute atomic E-state index is 0.138. The van der Waals surface area contributed by atoms with Gasteiger partial charge in [-0.3, -0.25) is 10.2 Å². The predicted octanol–water partition coefficient (Wildman–Crippen LogP) is 2.79. The Labute approximate surface area is 126 Å². The molecule has 112 valence electrons. The van der Waals surface area contributed by atoms with E-state index in [4.69, 9.17) is 15.0 Å². The lowest BCUT2D eigenvalue weighted by Crippen LogP contribution is -2.30. The molecule has 0 unspecified atom stereocenters. The molecule has 6 heteroatoms. The van der Waals surface area contributed by atoms with Crippen LogP contribution in [0.25, 0.3) is 11.0 Å². The van der Waals surface area contributed by atoms with Crippen molar-refractivity contribution in [2.75, 3.05) is 12.4 Å². The van der Waals surface area contributed by atoms with E-state index in [1.54, 1.807) is 13.2 Å². The van der Waals surface area contributed by atoms with Gasteiger partial charge in [0.15, 0.2) is 0 Å². The molecule has 3 aromatic rings. The highest BCUT2D eigenvalue weighted by atomic mass is 16.5. The van der Waals surface area contributed by atoms with Gasteiger partial charge in [-0.25, -0.2) is 5.84 Å². The van der Waals surface area contributed by atoms with Gasteiger partial charge in [-0.05, 0) is 36.4 Å². The minimum Gasteiger partial charge on any atom is -0.497 e. The number of hydrogen-bond donors (Lipinski definition) is 3. The number of carbonyl (C=O) groups is 1. The average molecular weight is 297 g/mol. The highest BCUT2D eigenvalue weighted by molar-refractivity contribution is 6.07. The van der Waals surface area contributed by atoms with Crippen LogP contribution in [0.4, 0.5) is 11.4 Å². The summed E-state index contributed by atoms with van der Waals surface area (Å²) in [6.07, 6.45) is 0. The van der Waals surface area contributed by atoms with Crippen molar-refractivity contribution in [1.82, 2.24) is 5.43 Å². The Morgan fingerprint density at radius 3 is 2.55 bits per heavy atom. The second kappa shape index (κ2) is 5.79. The summed E-state index contributed by atoms with van der Waals surface area (Å²) in [5.74, 6) is 5.62. The van der Waals surface area contributed by atoms with Crippen molar-refractivity contribution < 1.29 is 13.9 Å². The van der Waals surface area contributed by atoms with Gasteiger partial charge in [0.05, 0.1) is 12.8 Å². The Bertz CT molecular complexity index is 809. The third-order valence-electron chi connectivity index (χ3n) is 3.29. The summed E-state index contributed by atoms with van der Waals surface area (Å²) in [6.45, 7) is 0. The molecule has 0 atom stereocenters. The van der Waals surface area contributed by atoms with Gasteiger partial charge in [0.1, 0.15) is 11.3 Å². The number of rotatable bonds is 4. The van der Waals surface area contributed by atoms with E-state index in [0.29, 0.717) is 11.3 Å². The summed E-state index contributed by atoms with van der Waals surface area (Å²) in [7, 11) is 1.61. The van der Waals surface area contributed by atoms with E-state index in [9.17, 15) is 4.79 Å². The van der Waals surface area contributed by atoms with Crippen molar-refractivity contribution in [1.29, 1.82) is 0 Å². The number of nitrogens with one attached hydrogen (secondary N) is 2. The van der Waals surface area contributed by atoms with Gasteiger partial charge in [0.25, 0.3) is 0 Å². The first kappa shape index (κ1) is 14.0. The fourth-order valence-electron chi connectivity index (χ4n) is 2.21. The fraction of sp³-hybridized carbons (Fsp3) is 0.0625. The number of methoxy groups -OCH3 is 1. The third-order valence-corrected chi connectivity index (χ3v) is 3.29. The molecule has 0 aliphatic rings. The normalized spacial score (nSPS) is 10.5. The summed E-state index contributed by atoms with van der Waals surface area (Å²) >= 11 is 0. The zero-order valence-electron chi connectivity index (χ0n) is 11.9. The Hall–Kier alpha value is -2.99. The zero-order valence-corrected chi connectivity index (χ0v) is 11.9. The fourth-order valence-corrected chi connectivity index (χ4v) is 2.21. The maximum atomic E-state index is 11.9. The van der Waals surface area contributed by atoms with Crippen LogP contribution >= 0.6 is 0 Å². The molecule has 3 rings (SSSR count). The lowest BCUT2D eigenvalue weighted by Gasteiger charge is -2.07. The minimum atomic E-state index is -0.493. The largest absolute Gasteiger partial charge is 0.497 e. The maximum Gasteiger partial charge on any atom is 0.303 e. The lowest BCUT2D eigenvalue weighted by molar-refractivity contribution is 0.0929. The lowest BCUT2D eigenvalue weighted by atomic mass is 10.2. The van der Waals surface area contributed by atoms with Crippen LogP contribution in [0.1, 0.15) is 10.6 Å². The standard InChI is InChI=1S/C16H15N3O3/c1-21-11-8-6-10(7-9-11)18-14-12-4-2-3-5-13(12)22-15(14)16(20)19-17/h2-9,18H,17H2,1H3,(H,19,20). The van der Waals surface area contributed by atoms with E-state index in [1.807, 2.05) is 42.5 Å². The number of anilines is 2. The first-order valence-corrected chi connectivity index (χ1v) is 6.66. The molecule has 0 spiro atoms. The van der Waals surface area contributed by atoms with Gasteiger partial charge in [0, 0.05) is 11.1 Å². The molecule has 6 nitrogen and oxygen atoms in total. The number of benzene rings is 2. The van der Waals surface area contributed by atoms with E-state index in [2.05, 4.69) is 10.7 Å². The summed E-state index contributed by atoms with van der Waals surface area (Å²) in [4.78, 5) is 11.9. The van der Waals surface area contributed by atoms with E-state index in [0.717, 1.165) is 16.8 Å². The summed E-state index contributed by atoms with van der Waals surface area (Å²) < 4.78 is 10.7. The van der Waals surface area contributed by atoms with Crippen molar-refractivity contribution in [3.05, 3.63) is 54.3 Å². The number of fused-ring (bicyclic) bond motifs is 1. The summed E-state index contributed by atoms with van der Waals surface area (Å²) in [5, 5.41) is 4.00. The van der Waals surface area contributed by atoms with Crippen LogP contribution in [-0.2, 0) is 0 Å². The van der Waals surface area contributed by atoms with Crippen LogP contribution in [0, 0.1) is 0 Å². The number of hydrazine groups is 1. The molecular formula is C16H15N3O3. The number of amides is 1. The first-order chi connectivity index (χ1) is 10.7. The van der Waals surface area contributed by atoms with Gasteiger partial charge in [0.2, 0.25) is 5.76 Å². The molecule has 0 aliphatic heterocycles. The SMILES string of the molecule is COc1ccc(Nc2c(C(=O)NN)oc3ccccc23)cc1. The smallest absolute Gasteiger partial charge is 0.303 e. The monoisotopic (exact) mass is 297 g/mol. The van der Waals surface area contributed by atoms with Crippen LogP contribution < -0.4 is 21.3 Å². The average Bonchev–Trinajstić information content (AvgIpc) is 2.93. The molecule has 0 aliphatic carbocycles. The first-order valence-electron chi connectivity index (χ1n) is 6.66. The number of nitrogens with two attached hydrogens (primary N) is 1. The van der Waals surface area contributed by atoms with Crippen LogP contribution in [0.3, 0.4) is 0 Å². The van der Waals surface area contributed by atoms with Crippen molar-refractivity contribution in [2.24, 2.45) is 5.84 Å². The maximum absolute atomic E-state index is 11.9. The Kier molecular flexibility index (Phi) is 3.67. The predicted molar refractivity (Wildman–Crippen MR) is 84.1 cm³/mol. The molecule has 2 aromatic carbocycles. The number of ether oxygens (including phenoxy) is 1. The van der Waals surface area contributed by atoms with Gasteiger partial charge >= 0.3 is 5.91 Å². The molecule has 0 bridgehead atoms. The number of nitrogen functional groups attached to an aromatic ring is 1. The van der Waals surface area contributed by atoms with Gasteiger partial charge in [-0.15, -0.1) is 0 Å². The van der Waals surface area contributed by atoms with E-state index < -0.39 is 5.91 Å². The van der Waals surface area contributed by atoms with Crippen LogP contribution in [-0.4, -0.2) is 13.0 Å². The number of furan rings is 1. The molecule has 0 saturated carbocycles. The molecule has 0 radical (unpaired) electrons. The Balaban J connectivity index is 2.05. The molecule has 4 N–H and O–H groups in total. The number of carbonyl (C=O) groups excluding carboxylic acids is 1. The van der Waals surface area contributed by atoms with Crippen LogP contribution in [0.5, 0.6) is 5.75 Å². The quantitative estimate of drug-likeness (QED) is 0.391. The van der Waals surface area contributed by atoms with Crippen LogP contribution in [0.2, 0.25) is 0 Å². The second-order valence-corrected chi connectivity index (χ2v) is 4.63. The topological polar surface area (TPSA) is 89.5 Å². The molecular weight excluding hydrogens is 282 g/mol. The molecule has 0 fully saturated rings. The van der Waals surface area contributed by atoms with Crippen molar-refractivity contribution >= 4 is 28.3 Å². The van der Waals surface area contributed by atoms with Gasteiger partial charge < -0.3 is 14.5 Å². The molecule has 1 amide bonds. The van der Waals surface area contributed by atoms with Gasteiger partial charge in [-0.1, -0.05) is 12.1 Å². The van der Waals surface area contributed by atoms with Crippen molar-refractivity contribution in [2.45, 2.75) is 0 Å². The Morgan fingerprint density at radius 1 is 1.14 bits per heavy atom. The van der Waals surface area contributed by atoms with Crippen molar-refractivity contribution in [3.63, 3.8) is 0 Å². The van der Waals surface area contributed by atoms with E-state index >= 15 is 0 Å². The van der Waals surface area contributed by atoms with E-state index in [1.165, 1.54) is 0 Å². The zero-order chi connectivity index (χ0) is 15.5. The Morgan fingerprint density at radius 2 is 1.86 bits per heavy atom. The highest BCUT2D eigenvalue weighted by Gasteiger charge is 2.19. The molecule has 22 heavy (non-hydrogen) atoms. The third kappa shape index (κ3) is 2.47. The number of hydrogen-bond acceptors (Lipinski definition) is 5. The van der Waals surface area contributed by atoms with Crippen molar-refractivity contribution in [3.8, 4) is 5.75 Å². The number of para-hydroxylation sites is 1. The van der Waals surface area contributed by atoms with Crippen LogP contribution in [0.15, 0.2) is 52.9 Å². The molecule has 1 heterocycles. The summed E-state index contributed by atoms with van der Waals surface area (Å²) in [6, 6.07) is 14.7. The second-order valence-electron chi connectivity index (χ2n) is 4.63. The highest BCUT2D eigenvalue weighted by Crippen LogP contribution is 2.33. The van der Waals surface area contributed by atoms with E-state index in [-0.39, 0.29) is 5.76 Å². The molecule has 0 saturated heterocycles. The summed E-state index contributed by atoms with van der Waals surface area (Å²) in [5.41, 5.74) is 4.08. The molecule has 1 aromatic heterocycles. The van der Waals surface area contributed by atoms with Gasteiger partial charge in [-0.2, -0.15) is 0 Å².